The Morgan fingerprint density at radius 2 is 1.93 bits per heavy atom. The molecule has 2 aromatic carbocycles. The molecule has 3 aromatic heterocycles. The molecule has 9 nitrogen and oxygen atoms in total. The van der Waals surface area contributed by atoms with Crippen molar-refractivity contribution in [3.8, 4) is 17.5 Å². The average molecular weight is 555 g/mol. The number of aromatic nitrogens is 5. The van der Waals surface area contributed by atoms with Crippen LogP contribution in [-0.2, 0) is 13.0 Å². The molecule has 0 aliphatic heterocycles. The third kappa shape index (κ3) is 5.76. The second kappa shape index (κ2) is 11.9. The maximum atomic E-state index is 13.7. The first-order valence-corrected chi connectivity index (χ1v) is 12.7. The molecule has 0 saturated carbocycles. The van der Waals surface area contributed by atoms with Crippen LogP contribution in [0.3, 0.4) is 0 Å². The zero-order chi connectivity index (χ0) is 28.1. The SMILES string of the molecule is CNCc1cccc(-n2c(CCNc3ncnc(N)c3C#Cc3ccc(F)cn3)nc3cccc(Cl)c3c2=O)c1. The normalized spacial score (nSPS) is 10.8. The fourth-order valence-electron chi connectivity index (χ4n) is 4.20. The molecule has 0 amide bonds. The highest BCUT2D eigenvalue weighted by atomic mass is 35.5. The van der Waals surface area contributed by atoms with Gasteiger partial charge >= 0.3 is 0 Å². The van der Waals surface area contributed by atoms with E-state index in [1.165, 1.54) is 18.5 Å². The Kier molecular flexibility index (Phi) is 7.96. The summed E-state index contributed by atoms with van der Waals surface area (Å²) in [6, 6.07) is 15.7. The molecule has 200 valence electrons. The number of nitrogens with two attached hydrogens (primary N) is 1. The number of hydrogen-bond donors (Lipinski definition) is 3. The Morgan fingerprint density at radius 1 is 1.07 bits per heavy atom. The Labute approximate surface area is 234 Å². The minimum Gasteiger partial charge on any atom is -0.382 e. The number of benzene rings is 2. The molecule has 0 radical (unpaired) electrons. The van der Waals surface area contributed by atoms with Gasteiger partial charge in [-0.3, -0.25) is 9.36 Å². The van der Waals surface area contributed by atoms with Gasteiger partial charge in [-0.15, -0.1) is 0 Å². The highest BCUT2D eigenvalue weighted by molar-refractivity contribution is 6.35. The van der Waals surface area contributed by atoms with Crippen LogP contribution in [0.15, 0.2) is 71.9 Å². The smallest absolute Gasteiger partial charge is 0.267 e. The van der Waals surface area contributed by atoms with Crippen molar-refractivity contribution in [2.45, 2.75) is 13.0 Å². The van der Waals surface area contributed by atoms with Crippen LogP contribution in [0.5, 0.6) is 0 Å². The number of rotatable bonds is 7. The molecule has 11 heteroatoms. The Balaban J connectivity index is 1.48. The first kappa shape index (κ1) is 26.7. The van der Waals surface area contributed by atoms with E-state index in [-0.39, 0.29) is 11.4 Å². The van der Waals surface area contributed by atoms with E-state index in [2.05, 4.69) is 37.4 Å². The maximum Gasteiger partial charge on any atom is 0.267 e. The number of pyridine rings is 1. The van der Waals surface area contributed by atoms with E-state index < -0.39 is 5.82 Å². The van der Waals surface area contributed by atoms with Gasteiger partial charge in [0.25, 0.3) is 5.56 Å². The molecule has 5 rings (SSSR count). The van der Waals surface area contributed by atoms with Crippen LogP contribution in [0.4, 0.5) is 16.0 Å². The van der Waals surface area contributed by atoms with Crippen LogP contribution in [0.2, 0.25) is 5.02 Å². The maximum absolute atomic E-state index is 13.7. The summed E-state index contributed by atoms with van der Waals surface area (Å²) >= 11 is 6.42. The standard InChI is InChI=1S/C29H24ClFN8O/c1-33-15-18-4-2-5-21(14-18)39-25(38-24-7-3-6-23(30)26(24)29(39)40)12-13-34-28-22(27(32)36-17-37-28)11-10-20-9-8-19(31)16-35-20/h2-9,14,16-17,33H,12-13,15H2,1H3,(H3,32,34,36,37). The zero-order valence-corrected chi connectivity index (χ0v) is 22.2. The van der Waals surface area contributed by atoms with Crippen molar-refractivity contribution in [3.05, 3.63) is 111 Å². The second-order valence-electron chi connectivity index (χ2n) is 8.77. The zero-order valence-electron chi connectivity index (χ0n) is 21.4. The molecular weight excluding hydrogens is 531 g/mol. The molecule has 40 heavy (non-hydrogen) atoms. The Hall–Kier alpha value is -4.85. The van der Waals surface area contributed by atoms with Crippen LogP contribution in [0, 0.1) is 17.7 Å². The monoisotopic (exact) mass is 554 g/mol. The quantitative estimate of drug-likeness (QED) is 0.260. The molecule has 0 aliphatic rings. The Morgan fingerprint density at radius 3 is 2.73 bits per heavy atom. The van der Waals surface area contributed by atoms with E-state index in [9.17, 15) is 9.18 Å². The van der Waals surface area contributed by atoms with Gasteiger partial charge in [0.15, 0.2) is 0 Å². The van der Waals surface area contributed by atoms with E-state index in [0.29, 0.717) is 64.0 Å². The van der Waals surface area contributed by atoms with Crippen molar-refractivity contribution in [3.63, 3.8) is 0 Å². The molecule has 0 unspecified atom stereocenters. The minimum atomic E-state index is -0.452. The molecular formula is C29H24ClFN8O. The van der Waals surface area contributed by atoms with Gasteiger partial charge in [-0.2, -0.15) is 0 Å². The molecule has 0 bridgehead atoms. The predicted octanol–water partition coefficient (Wildman–Crippen LogP) is 3.72. The van der Waals surface area contributed by atoms with Gasteiger partial charge in [0.2, 0.25) is 0 Å². The average Bonchev–Trinajstić information content (AvgIpc) is 2.94. The fourth-order valence-corrected chi connectivity index (χ4v) is 4.46. The lowest BCUT2D eigenvalue weighted by Crippen LogP contribution is -2.26. The van der Waals surface area contributed by atoms with Crippen molar-refractivity contribution in [2.24, 2.45) is 0 Å². The highest BCUT2D eigenvalue weighted by Gasteiger charge is 2.16. The van der Waals surface area contributed by atoms with Crippen molar-refractivity contribution in [1.82, 2.24) is 29.8 Å². The molecule has 0 spiro atoms. The van der Waals surface area contributed by atoms with Gasteiger partial charge in [0.1, 0.15) is 40.9 Å². The van der Waals surface area contributed by atoms with E-state index in [4.69, 9.17) is 22.3 Å². The summed E-state index contributed by atoms with van der Waals surface area (Å²) in [4.78, 5) is 30.8. The lowest BCUT2D eigenvalue weighted by atomic mass is 10.1. The van der Waals surface area contributed by atoms with Crippen molar-refractivity contribution in [2.75, 3.05) is 24.6 Å². The van der Waals surface area contributed by atoms with Gasteiger partial charge in [-0.05, 0) is 54.9 Å². The van der Waals surface area contributed by atoms with Crippen molar-refractivity contribution in [1.29, 1.82) is 0 Å². The molecule has 4 N–H and O–H groups in total. The minimum absolute atomic E-state index is 0.184. The number of fused-ring (bicyclic) bond motifs is 1. The molecule has 3 heterocycles. The molecule has 0 fully saturated rings. The predicted molar refractivity (Wildman–Crippen MR) is 154 cm³/mol. The summed E-state index contributed by atoms with van der Waals surface area (Å²) in [5, 5.41) is 7.06. The van der Waals surface area contributed by atoms with E-state index in [1.54, 1.807) is 22.8 Å². The van der Waals surface area contributed by atoms with Gasteiger partial charge < -0.3 is 16.4 Å². The largest absolute Gasteiger partial charge is 0.382 e. The summed E-state index contributed by atoms with van der Waals surface area (Å²) in [7, 11) is 1.86. The molecule has 0 aliphatic carbocycles. The van der Waals surface area contributed by atoms with Crippen molar-refractivity contribution < 1.29 is 4.39 Å². The van der Waals surface area contributed by atoms with Gasteiger partial charge in [0.05, 0.1) is 27.8 Å². The van der Waals surface area contributed by atoms with Gasteiger partial charge in [-0.1, -0.05) is 35.7 Å². The topological polar surface area (TPSA) is 124 Å². The summed E-state index contributed by atoms with van der Waals surface area (Å²) in [5.41, 5.74) is 8.80. The first-order chi connectivity index (χ1) is 19.4. The summed E-state index contributed by atoms with van der Waals surface area (Å²) in [6.07, 6.45) is 2.79. The van der Waals surface area contributed by atoms with E-state index in [1.807, 2.05) is 31.3 Å². The summed E-state index contributed by atoms with van der Waals surface area (Å²) in [6.45, 7) is 1.00. The lowest BCUT2D eigenvalue weighted by Gasteiger charge is -2.16. The van der Waals surface area contributed by atoms with Crippen molar-refractivity contribution >= 4 is 34.1 Å². The second-order valence-corrected chi connectivity index (χ2v) is 9.18. The van der Waals surface area contributed by atoms with Gasteiger partial charge in [-0.25, -0.2) is 24.3 Å². The molecule has 0 saturated heterocycles. The van der Waals surface area contributed by atoms with Gasteiger partial charge in [0, 0.05) is 19.5 Å². The summed E-state index contributed by atoms with van der Waals surface area (Å²) in [5.74, 6) is 6.46. The van der Waals surface area contributed by atoms with Crippen LogP contribution in [-0.4, -0.2) is 38.1 Å². The number of nitrogens with one attached hydrogen (secondary N) is 2. The van der Waals surface area contributed by atoms with Crippen LogP contribution < -0.4 is 21.9 Å². The van der Waals surface area contributed by atoms with Crippen LogP contribution >= 0.6 is 11.6 Å². The third-order valence-electron chi connectivity index (χ3n) is 6.03. The molecule has 5 aromatic rings. The first-order valence-electron chi connectivity index (χ1n) is 12.4. The Bertz CT molecular complexity index is 1810. The lowest BCUT2D eigenvalue weighted by molar-refractivity contribution is 0.621. The summed E-state index contributed by atoms with van der Waals surface area (Å²) < 4.78 is 14.8. The van der Waals surface area contributed by atoms with Crippen LogP contribution in [0.25, 0.3) is 16.6 Å². The number of hydrogen-bond acceptors (Lipinski definition) is 8. The van der Waals surface area contributed by atoms with E-state index >= 15 is 0 Å². The van der Waals surface area contributed by atoms with Crippen LogP contribution in [0.1, 0.15) is 22.6 Å². The number of nitrogens with zero attached hydrogens (tertiary/aromatic N) is 5. The highest BCUT2D eigenvalue weighted by Crippen LogP contribution is 2.22. The molecule has 0 atom stereocenters. The third-order valence-corrected chi connectivity index (χ3v) is 6.34. The van der Waals surface area contributed by atoms with E-state index in [0.717, 1.165) is 11.8 Å². The number of anilines is 2. The number of halogens is 2. The number of nitrogen functional groups attached to an aromatic ring is 1. The fraction of sp³-hybridized carbons (Fsp3) is 0.138.